The number of halogens is 2. The minimum absolute atomic E-state index is 0.174. The Morgan fingerprint density at radius 3 is 2.44 bits per heavy atom. The number of carbonyl (C=O) groups excluding carboxylic acids is 1. The molecule has 0 spiro atoms. The number of piperazine rings is 1. The number of nitriles is 1. The topological polar surface area (TPSA) is 59.4 Å². The molecule has 1 fully saturated rings. The number of rotatable bonds is 2. The molecule has 1 heterocycles. The van der Waals surface area contributed by atoms with Crippen molar-refractivity contribution in [1.82, 2.24) is 4.90 Å². The predicted molar refractivity (Wildman–Crippen MR) is 100 cm³/mol. The zero-order valence-corrected chi connectivity index (χ0v) is 14.9. The fourth-order valence-electron chi connectivity index (χ4n) is 2.77. The Labute approximate surface area is 156 Å². The summed E-state index contributed by atoms with van der Waals surface area (Å²) in [6.07, 6.45) is 0. The van der Waals surface area contributed by atoms with Gasteiger partial charge in [0.2, 0.25) is 0 Å². The van der Waals surface area contributed by atoms with Crippen molar-refractivity contribution in [1.29, 1.82) is 5.26 Å². The van der Waals surface area contributed by atoms with Crippen LogP contribution in [-0.4, -0.2) is 37.1 Å². The van der Waals surface area contributed by atoms with Gasteiger partial charge in [-0.05, 0) is 30.3 Å². The summed E-state index contributed by atoms with van der Waals surface area (Å²) in [5.41, 5.74) is 2.17. The second-order valence-electron chi connectivity index (χ2n) is 5.66. The van der Waals surface area contributed by atoms with E-state index in [0.717, 1.165) is 5.69 Å². The number of amides is 2. The third kappa shape index (κ3) is 3.98. The molecular weight excluding hydrogens is 359 g/mol. The molecule has 0 aromatic heterocycles. The quantitative estimate of drug-likeness (QED) is 0.855. The van der Waals surface area contributed by atoms with Crippen LogP contribution < -0.4 is 10.2 Å². The molecule has 0 bridgehead atoms. The minimum atomic E-state index is -0.174. The van der Waals surface area contributed by atoms with Crippen LogP contribution in [0.3, 0.4) is 0 Å². The third-order valence-electron chi connectivity index (χ3n) is 4.10. The second kappa shape index (κ2) is 7.64. The van der Waals surface area contributed by atoms with Crippen LogP contribution in [0.1, 0.15) is 5.56 Å². The molecule has 0 saturated carbocycles. The summed E-state index contributed by atoms with van der Waals surface area (Å²) >= 11 is 11.9. The van der Waals surface area contributed by atoms with Crippen LogP contribution >= 0.6 is 23.2 Å². The van der Waals surface area contributed by atoms with Gasteiger partial charge in [-0.2, -0.15) is 5.26 Å². The lowest BCUT2D eigenvalue weighted by Gasteiger charge is -2.36. The number of hydrogen-bond donors (Lipinski definition) is 1. The van der Waals surface area contributed by atoms with Gasteiger partial charge in [0.05, 0.1) is 21.3 Å². The summed E-state index contributed by atoms with van der Waals surface area (Å²) in [6.45, 7) is 2.50. The van der Waals surface area contributed by atoms with Crippen LogP contribution in [0.25, 0.3) is 0 Å². The number of para-hydroxylation sites is 1. The van der Waals surface area contributed by atoms with Gasteiger partial charge < -0.3 is 15.1 Å². The first kappa shape index (κ1) is 17.4. The van der Waals surface area contributed by atoms with Gasteiger partial charge in [-0.15, -0.1) is 0 Å². The smallest absolute Gasteiger partial charge is 0.321 e. The Morgan fingerprint density at radius 2 is 1.76 bits per heavy atom. The van der Waals surface area contributed by atoms with Gasteiger partial charge in [-0.1, -0.05) is 35.3 Å². The first-order valence-corrected chi connectivity index (χ1v) is 8.59. The van der Waals surface area contributed by atoms with Crippen LogP contribution in [0, 0.1) is 11.3 Å². The Morgan fingerprint density at radius 1 is 1.04 bits per heavy atom. The maximum Gasteiger partial charge on any atom is 0.321 e. The van der Waals surface area contributed by atoms with Gasteiger partial charge in [0.15, 0.2) is 0 Å². The maximum absolute atomic E-state index is 12.4. The van der Waals surface area contributed by atoms with E-state index in [0.29, 0.717) is 47.5 Å². The molecule has 0 radical (unpaired) electrons. The van der Waals surface area contributed by atoms with Crippen LogP contribution in [-0.2, 0) is 0 Å². The van der Waals surface area contributed by atoms with E-state index in [1.54, 1.807) is 29.2 Å². The molecule has 3 rings (SSSR count). The predicted octanol–water partition coefficient (Wildman–Crippen LogP) is 4.22. The molecule has 5 nitrogen and oxygen atoms in total. The largest absolute Gasteiger partial charge is 0.367 e. The summed E-state index contributed by atoms with van der Waals surface area (Å²) in [7, 11) is 0. The van der Waals surface area contributed by atoms with Crippen molar-refractivity contribution in [2.24, 2.45) is 0 Å². The average molecular weight is 375 g/mol. The first-order valence-electron chi connectivity index (χ1n) is 7.83. The third-order valence-corrected chi connectivity index (χ3v) is 4.84. The van der Waals surface area contributed by atoms with E-state index in [4.69, 9.17) is 23.2 Å². The highest BCUT2D eigenvalue weighted by atomic mass is 35.5. The Hall–Kier alpha value is -2.42. The molecule has 2 aromatic carbocycles. The van der Waals surface area contributed by atoms with E-state index in [2.05, 4.69) is 16.3 Å². The molecule has 1 N–H and O–H groups in total. The molecule has 1 aliphatic rings. The molecule has 1 saturated heterocycles. The normalized spacial score (nSPS) is 14.1. The summed E-state index contributed by atoms with van der Waals surface area (Å²) in [5.74, 6) is 0. The van der Waals surface area contributed by atoms with Gasteiger partial charge >= 0.3 is 6.03 Å². The number of anilines is 2. The molecule has 25 heavy (non-hydrogen) atoms. The summed E-state index contributed by atoms with van der Waals surface area (Å²) in [4.78, 5) is 16.3. The lowest BCUT2D eigenvalue weighted by molar-refractivity contribution is 0.208. The van der Waals surface area contributed by atoms with E-state index in [1.807, 2.05) is 18.2 Å². The number of nitrogens with one attached hydrogen (secondary N) is 1. The molecule has 2 aromatic rings. The first-order chi connectivity index (χ1) is 12.1. The van der Waals surface area contributed by atoms with Gasteiger partial charge in [0.25, 0.3) is 0 Å². The minimum Gasteiger partial charge on any atom is -0.367 e. The van der Waals surface area contributed by atoms with Crippen molar-refractivity contribution in [3.63, 3.8) is 0 Å². The van der Waals surface area contributed by atoms with Crippen LogP contribution in [0.15, 0.2) is 42.5 Å². The maximum atomic E-state index is 12.4. The fourth-order valence-corrected chi connectivity index (χ4v) is 3.07. The number of carbonyl (C=O) groups is 1. The van der Waals surface area contributed by atoms with Crippen molar-refractivity contribution < 1.29 is 4.79 Å². The highest BCUT2D eigenvalue weighted by Gasteiger charge is 2.22. The molecular formula is C18H16Cl2N4O. The molecule has 1 aliphatic heterocycles. The number of urea groups is 1. The van der Waals surface area contributed by atoms with Crippen molar-refractivity contribution in [3.05, 3.63) is 58.1 Å². The lowest BCUT2D eigenvalue weighted by Crippen LogP contribution is -2.50. The SMILES string of the molecule is N#Cc1ccccc1N1CCN(C(=O)Nc2ccc(Cl)c(Cl)c2)CC1. The van der Waals surface area contributed by atoms with E-state index in [9.17, 15) is 10.1 Å². The van der Waals surface area contributed by atoms with Crippen molar-refractivity contribution >= 4 is 40.6 Å². The van der Waals surface area contributed by atoms with Gasteiger partial charge in [-0.3, -0.25) is 0 Å². The lowest BCUT2D eigenvalue weighted by atomic mass is 10.1. The molecule has 0 aliphatic carbocycles. The van der Waals surface area contributed by atoms with Crippen molar-refractivity contribution in [2.75, 3.05) is 36.4 Å². The Bertz CT molecular complexity index is 826. The second-order valence-corrected chi connectivity index (χ2v) is 6.48. The van der Waals surface area contributed by atoms with Gasteiger partial charge in [-0.25, -0.2) is 4.79 Å². The number of benzene rings is 2. The van der Waals surface area contributed by atoms with Crippen molar-refractivity contribution in [3.8, 4) is 6.07 Å². The monoisotopic (exact) mass is 374 g/mol. The summed E-state index contributed by atoms with van der Waals surface area (Å²) in [5, 5.41) is 12.9. The van der Waals surface area contributed by atoms with E-state index in [1.165, 1.54) is 0 Å². The van der Waals surface area contributed by atoms with Crippen LogP contribution in [0.2, 0.25) is 10.0 Å². The molecule has 0 atom stereocenters. The standard InChI is InChI=1S/C18H16Cl2N4O/c19-15-6-5-14(11-16(15)20)22-18(25)24-9-7-23(8-10-24)17-4-2-1-3-13(17)12-21/h1-6,11H,7-10H2,(H,22,25). The Balaban J connectivity index is 1.61. The molecule has 0 unspecified atom stereocenters. The Kier molecular flexibility index (Phi) is 5.32. The zero-order valence-electron chi connectivity index (χ0n) is 13.4. The average Bonchev–Trinajstić information content (AvgIpc) is 2.65. The highest BCUT2D eigenvalue weighted by Crippen LogP contribution is 2.25. The van der Waals surface area contributed by atoms with Gasteiger partial charge in [0.1, 0.15) is 6.07 Å². The fraction of sp³-hybridized carbons (Fsp3) is 0.222. The van der Waals surface area contributed by atoms with Crippen LogP contribution in [0.5, 0.6) is 0 Å². The molecule has 2 amide bonds. The number of nitrogens with zero attached hydrogens (tertiary/aromatic N) is 3. The van der Waals surface area contributed by atoms with E-state index < -0.39 is 0 Å². The summed E-state index contributed by atoms with van der Waals surface area (Å²) < 4.78 is 0. The van der Waals surface area contributed by atoms with E-state index in [-0.39, 0.29) is 6.03 Å². The van der Waals surface area contributed by atoms with Crippen molar-refractivity contribution in [2.45, 2.75) is 0 Å². The van der Waals surface area contributed by atoms with Gasteiger partial charge in [0, 0.05) is 31.9 Å². The summed E-state index contributed by atoms with van der Waals surface area (Å²) in [6, 6.07) is 14.5. The molecule has 7 heteroatoms. The highest BCUT2D eigenvalue weighted by molar-refractivity contribution is 6.42. The van der Waals surface area contributed by atoms with Crippen LogP contribution in [0.4, 0.5) is 16.2 Å². The van der Waals surface area contributed by atoms with E-state index >= 15 is 0 Å². The number of hydrogen-bond acceptors (Lipinski definition) is 3. The molecule has 128 valence electrons. The zero-order chi connectivity index (χ0) is 17.8.